The molecule has 0 saturated heterocycles. The van der Waals surface area contributed by atoms with Crippen molar-refractivity contribution in [3.05, 3.63) is 164 Å². The van der Waals surface area contributed by atoms with Gasteiger partial charge in [0.05, 0.1) is 0 Å². The average Bonchev–Trinajstić information content (AvgIpc) is 3.13. The Kier molecular flexibility index (Phi) is 12.4. The maximum absolute atomic E-state index is 15.9. The molecule has 0 amide bonds. The van der Waals surface area contributed by atoms with Gasteiger partial charge in [-0.25, -0.2) is 43.9 Å². The standard InChI is InChI=1S/C43H39BF10NP/c1-10-43(8,20-56(40-23(4)16-21(2)17-24(40)5)41-25(6)18-22(3)19-26(41)7)42(27-14-12-11-13-15-27)55(9)44(28-30(45)34(49)38(53)35(50)31(28)46)29-32(47)36(51)39(54)37(52)33(29)48/h10-19,42H,1,20H2,2-9H3/t42-,43+/m1/s1. The minimum absolute atomic E-state index is 0.187. The molecular weight excluding hydrogens is 762 g/mol. The summed E-state index contributed by atoms with van der Waals surface area (Å²) >= 11 is 0. The summed E-state index contributed by atoms with van der Waals surface area (Å²) in [5.41, 5.74) is 1.25. The molecule has 56 heavy (non-hydrogen) atoms. The zero-order valence-electron chi connectivity index (χ0n) is 32.0. The maximum Gasteiger partial charge on any atom is 0.306 e. The zero-order chi connectivity index (χ0) is 41.7. The first-order chi connectivity index (χ1) is 26.2. The van der Waals surface area contributed by atoms with Crippen molar-refractivity contribution in [1.29, 1.82) is 0 Å². The first-order valence-electron chi connectivity index (χ1n) is 17.5. The van der Waals surface area contributed by atoms with Crippen LogP contribution in [0.3, 0.4) is 0 Å². The van der Waals surface area contributed by atoms with Crippen LogP contribution in [0.4, 0.5) is 43.9 Å². The molecule has 1 nitrogen and oxygen atoms in total. The van der Waals surface area contributed by atoms with E-state index in [9.17, 15) is 26.3 Å². The first kappa shape index (κ1) is 42.7. The molecule has 0 bridgehead atoms. The van der Waals surface area contributed by atoms with Crippen molar-refractivity contribution in [1.82, 2.24) is 4.81 Å². The van der Waals surface area contributed by atoms with Gasteiger partial charge in [0.25, 0.3) is 0 Å². The van der Waals surface area contributed by atoms with Crippen molar-refractivity contribution in [2.24, 2.45) is 5.41 Å². The monoisotopic (exact) mass is 801 g/mol. The highest BCUT2D eigenvalue weighted by Gasteiger charge is 2.48. The van der Waals surface area contributed by atoms with Gasteiger partial charge in [0.1, 0.15) is 0 Å². The van der Waals surface area contributed by atoms with E-state index in [0.717, 1.165) is 55.8 Å². The van der Waals surface area contributed by atoms with E-state index in [0.29, 0.717) is 5.56 Å². The molecular formula is C43H39BF10NP. The molecule has 0 aliphatic heterocycles. The highest BCUT2D eigenvalue weighted by Crippen LogP contribution is 2.51. The van der Waals surface area contributed by atoms with E-state index in [1.54, 1.807) is 37.3 Å². The molecule has 13 heteroatoms. The number of rotatable bonds is 11. The molecule has 0 spiro atoms. The van der Waals surface area contributed by atoms with Gasteiger partial charge in [-0.15, -0.1) is 6.58 Å². The van der Waals surface area contributed by atoms with E-state index < -0.39 is 95.3 Å². The summed E-state index contributed by atoms with van der Waals surface area (Å²) in [6.07, 6.45) is 1.72. The molecule has 0 aliphatic carbocycles. The molecule has 294 valence electrons. The fraction of sp³-hybridized carbons (Fsp3) is 0.256. The smallest absolute Gasteiger partial charge is 0.306 e. The molecule has 0 heterocycles. The third-order valence-electron chi connectivity index (χ3n) is 10.4. The highest BCUT2D eigenvalue weighted by molar-refractivity contribution is 7.73. The Balaban J connectivity index is 1.89. The Morgan fingerprint density at radius 1 is 0.589 bits per heavy atom. The molecule has 2 atom stereocenters. The normalized spacial score (nSPS) is 13.4. The van der Waals surface area contributed by atoms with Crippen LogP contribution in [0.15, 0.2) is 67.3 Å². The molecule has 5 aromatic carbocycles. The van der Waals surface area contributed by atoms with Gasteiger partial charge in [0.2, 0.25) is 0 Å². The lowest BCUT2D eigenvalue weighted by Gasteiger charge is -2.46. The predicted molar refractivity (Wildman–Crippen MR) is 205 cm³/mol. The van der Waals surface area contributed by atoms with Crippen LogP contribution in [0, 0.1) is 105 Å². The van der Waals surface area contributed by atoms with Crippen molar-refractivity contribution in [3.63, 3.8) is 0 Å². The SMILES string of the molecule is C=C[C@@](C)(CP(c1c(C)cc(C)cc1C)c1c(C)cc(C)cc1C)[C@@H](c1ccccc1)N(C)B(c1c(F)c(F)c(F)c(F)c1F)c1c(F)c(F)c(F)c(F)c1F. The van der Waals surface area contributed by atoms with Gasteiger partial charge >= 0.3 is 6.85 Å². The van der Waals surface area contributed by atoms with Gasteiger partial charge in [-0.3, -0.25) is 0 Å². The van der Waals surface area contributed by atoms with Crippen LogP contribution in [-0.2, 0) is 0 Å². The molecule has 0 unspecified atom stereocenters. The van der Waals surface area contributed by atoms with E-state index in [4.69, 9.17) is 0 Å². The van der Waals surface area contributed by atoms with Crippen molar-refractivity contribution < 1.29 is 43.9 Å². The van der Waals surface area contributed by atoms with Crippen molar-refractivity contribution in [2.45, 2.75) is 54.5 Å². The molecule has 0 radical (unpaired) electrons. The lowest BCUT2D eigenvalue weighted by molar-refractivity contribution is 0.237. The maximum atomic E-state index is 15.9. The third-order valence-corrected chi connectivity index (χ3v) is 13.9. The molecule has 5 aromatic rings. The lowest BCUT2D eigenvalue weighted by Crippen LogP contribution is -2.62. The highest BCUT2D eigenvalue weighted by atomic mass is 31.1. The largest absolute Gasteiger partial charge is 0.329 e. The lowest BCUT2D eigenvalue weighted by atomic mass is 9.47. The fourth-order valence-corrected chi connectivity index (χ4v) is 11.7. The summed E-state index contributed by atoms with van der Waals surface area (Å²) in [5, 5.41) is 2.00. The van der Waals surface area contributed by atoms with Crippen molar-refractivity contribution in [2.75, 3.05) is 13.2 Å². The number of hydrogen-bond acceptors (Lipinski definition) is 1. The zero-order valence-corrected chi connectivity index (χ0v) is 32.9. The van der Waals surface area contributed by atoms with E-state index in [2.05, 4.69) is 6.58 Å². The van der Waals surface area contributed by atoms with E-state index in [-0.39, 0.29) is 6.16 Å². The number of hydrogen-bond donors (Lipinski definition) is 0. The van der Waals surface area contributed by atoms with E-state index in [1.807, 2.05) is 65.8 Å². The Hall–Kier alpha value is -4.41. The summed E-state index contributed by atoms with van der Waals surface area (Å²) in [6, 6.07) is 14.8. The Bertz CT molecular complexity index is 2120. The van der Waals surface area contributed by atoms with Gasteiger partial charge in [-0.1, -0.05) is 78.7 Å². The van der Waals surface area contributed by atoms with E-state index in [1.165, 1.54) is 6.08 Å². The molecule has 0 aromatic heterocycles. The first-order valence-corrected chi connectivity index (χ1v) is 19.1. The Morgan fingerprint density at radius 2 is 0.911 bits per heavy atom. The summed E-state index contributed by atoms with van der Waals surface area (Å²) in [7, 11) is -0.339. The molecule has 0 fully saturated rings. The van der Waals surface area contributed by atoms with Crippen LogP contribution in [0.2, 0.25) is 0 Å². The van der Waals surface area contributed by atoms with Gasteiger partial charge < -0.3 is 4.81 Å². The minimum atomic E-state index is -2.77. The van der Waals surface area contributed by atoms with Crippen LogP contribution in [0.5, 0.6) is 0 Å². The Morgan fingerprint density at radius 3 is 1.23 bits per heavy atom. The number of aryl methyl sites for hydroxylation is 6. The van der Waals surface area contributed by atoms with Gasteiger partial charge in [-0.05, 0) is 101 Å². The van der Waals surface area contributed by atoms with Gasteiger partial charge in [-0.2, -0.15) is 0 Å². The van der Waals surface area contributed by atoms with Crippen molar-refractivity contribution >= 4 is 36.3 Å². The minimum Gasteiger partial charge on any atom is -0.329 e. The molecule has 0 saturated carbocycles. The summed E-state index contributed by atoms with van der Waals surface area (Å²) in [6.45, 7) is 14.9. The van der Waals surface area contributed by atoms with Gasteiger partial charge in [0, 0.05) is 22.4 Å². The Labute approximate surface area is 321 Å². The third kappa shape index (κ3) is 7.42. The topological polar surface area (TPSA) is 3.24 Å². The predicted octanol–water partition coefficient (Wildman–Crippen LogP) is 10.0. The van der Waals surface area contributed by atoms with E-state index >= 15 is 17.6 Å². The second kappa shape index (κ2) is 16.2. The van der Waals surface area contributed by atoms with Crippen LogP contribution >= 0.6 is 7.92 Å². The summed E-state index contributed by atoms with van der Waals surface area (Å²) in [4.78, 5) is 0.894. The van der Waals surface area contributed by atoms with Gasteiger partial charge in [0.15, 0.2) is 58.2 Å². The number of halogens is 10. The second-order valence-electron chi connectivity index (χ2n) is 14.6. The molecule has 0 N–H and O–H groups in total. The quantitative estimate of drug-likeness (QED) is 0.0321. The summed E-state index contributed by atoms with van der Waals surface area (Å²) < 4.78 is 152. The molecule has 5 rings (SSSR count). The number of nitrogens with zero attached hydrogens (tertiary/aromatic N) is 1. The summed E-state index contributed by atoms with van der Waals surface area (Å²) in [5.74, 6) is -25.0. The van der Waals surface area contributed by atoms with Crippen LogP contribution in [-0.4, -0.2) is 24.9 Å². The van der Waals surface area contributed by atoms with Crippen molar-refractivity contribution in [3.8, 4) is 0 Å². The fourth-order valence-electron chi connectivity index (χ4n) is 8.21. The number of benzene rings is 5. The second-order valence-corrected chi connectivity index (χ2v) is 16.7. The molecule has 0 aliphatic rings. The van der Waals surface area contributed by atoms with Crippen LogP contribution in [0.25, 0.3) is 0 Å². The average molecular weight is 802 g/mol. The van der Waals surface area contributed by atoms with Crippen LogP contribution in [0.1, 0.15) is 51.9 Å². The van der Waals surface area contributed by atoms with Crippen LogP contribution < -0.4 is 21.5 Å².